The Bertz CT molecular complexity index is 269. The van der Waals surface area contributed by atoms with E-state index in [4.69, 9.17) is 0 Å². The maximum Gasteiger partial charge on any atom is 0.0249 e. The molecule has 0 radical (unpaired) electrons. The van der Waals surface area contributed by atoms with Crippen molar-refractivity contribution in [3.05, 3.63) is 0 Å². The summed E-state index contributed by atoms with van der Waals surface area (Å²) in [4.78, 5) is 2.92. The quantitative estimate of drug-likeness (QED) is 0.679. The third kappa shape index (κ3) is 4.46. The Morgan fingerprint density at radius 1 is 0.850 bits per heavy atom. The molecule has 2 atom stereocenters. The Kier molecular flexibility index (Phi) is 5.39. The highest BCUT2D eigenvalue weighted by Crippen LogP contribution is 2.36. The second-order valence-electron chi connectivity index (χ2n) is 7.61. The molecule has 0 aromatic heterocycles. The smallest absolute Gasteiger partial charge is 0.0249 e. The van der Waals surface area contributed by atoms with E-state index < -0.39 is 0 Å². The molecule has 0 aliphatic heterocycles. The SMILES string of the molecule is CCCNC1CCCCCC1N(CC1CC1)CC1CC1. The van der Waals surface area contributed by atoms with Gasteiger partial charge in [-0.05, 0) is 63.3 Å². The first-order valence-corrected chi connectivity index (χ1v) is 9.34. The van der Waals surface area contributed by atoms with Gasteiger partial charge in [-0.25, -0.2) is 0 Å². The van der Waals surface area contributed by atoms with Crippen molar-refractivity contribution in [2.45, 2.75) is 83.2 Å². The van der Waals surface area contributed by atoms with E-state index in [1.165, 1.54) is 83.8 Å². The molecule has 0 aromatic rings. The van der Waals surface area contributed by atoms with Crippen LogP contribution in [0.15, 0.2) is 0 Å². The Balaban J connectivity index is 1.62. The van der Waals surface area contributed by atoms with Crippen LogP contribution in [0.5, 0.6) is 0 Å². The summed E-state index contributed by atoms with van der Waals surface area (Å²) in [5, 5.41) is 3.89. The van der Waals surface area contributed by atoms with Gasteiger partial charge in [-0.2, -0.15) is 0 Å². The summed E-state index contributed by atoms with van der Waals surface area (Å²) in [6.07, 6.45) is 14.5. The highest BCUT2D eigenvalue weighted by molar-refractivity contribution is 4.92. The summed E-state index contributed by atoms with van der Waals surface area (Å²) >= 11 is 0. The number of nitrogens with zero attached hydrogens (tertiary/aromatic N) is 1. The molecule has 0 aromatic carbocycles. The number of hydrogen-bond donors (Lipinski definition) is 1. The van der Waals surface area contributed by atoms with Gasteiger partial charge < -0.3 is 5.32 Å². The molecule has 2 unspecified atom stereocenters. The fraction of sp³-hybridized carbons (Fsp3) is 1.00. The Morgan fingerprint density at radius 2 is 1.50 bits per heavy atom. The van der Waals surface area contributed by atoms with Gasteiger partial charge in [-0.3, -0.25) is 4.90 Å². The number of rotatable bonds is 8. The number of nitrogens with one attached hydrogen (secondary N) is 1. The van der Waals surface area contributed by atoms with Crippen molar-refractivity contribution in [3.8, 4) is 0 Å². The van der Waals surface area contributed by atoms with Crippen molar-refractivity contribution in [2.24, 2.45) is 11.8 Å². The fourth-order valence-electron chi connectivity index (χ4n) is 3.90. The molecular weight excluding hydrogens is 244 g/mol. The summed E-state index contributed by atoms with van der Waals surface area (Å²) in [7, 11) is 0. The Hall–Kier alpha value is -0.0800. The van der Waals surface area contributed by atoms with E-state index in [1.54, 1.807) is 0 Å². The maximum absolute atomic E-state index is 3.89. The second kappa shape index (κ2) is 7.26. The van der Waals surface area contributed by atoms with Crippen LogP contribution in [-0.4, -0.2) is 36.6 Å². The van der Waals surface area contributed by atoms with Gasteiger partial charge in [0, 0.05) is 25.2 Å². The van der Waals surface area contributed by atoms with Crippen LogP contribution in [0, 0.1) is 11.8 Å². The normalized spacial score (nSPS) is 31.5. The van der Waals surface area contributed by atoms with Crippen molar-refractivity contribution in [3.63, 3.8) is 0 Å². The van der Waals surface area contributed by atoms with Crippen LogP contribution in [0.2, 0.25) is 0 Å². The summed E-state index contributed by atoms with van der Waals surface area (Å²) in [5.41, 5.74) is 0. The van der Waals surface area contributed by atoms with Gasteiger partial charge in [-0.1, -0.05) is 26.2 Å². The van der Waals surface area contributed by atoms with Crippen molar-refractivity contribution in [1.82, 2.24) is 10.2 Å². The molecule has 116 valence electrons. The van der Waals surface area contributed by atoms with Gasteiger partial charge in [0.25, 0.3) is 0 Å². The predicted octanol–water partition coefficient (Wildman–Crippen LogP) is 3.81. The lowest BCUT2D eigenvalue weighted by atomic mass is 10.00. The first-order valence-electron chi connectivity index (χ1n) is 9.34. The van der Waals surface area contributed by atoms with Gasteiger partial charge >= 0.3 is 0 Å². The molecule has 1 N–H and O–H groups in total. The van der Waals surface area contributed by atoms with Gasteiger partial charge in [0.15, 0.2) is 0 Å². The zero-order chi connectivity index (χ0) is 13.8. The van der Waals surface area contributed by atoms with E-state index in [2.05, 4.69) is 17.1 Å². The van der Waals surface area contributed by atoms with Crippen molar-refractivity contribution in [1.29, 1.82) is 0 Å². The van der Waals surface area contributed by atoms with Gasteiger partial charge in [0.2, 0.25) is 0 Å². The topological polar surface area (TPSA) is 15.3 Å². The average Bonchev–Trinajstić information content (AvgIpc) is 3.30. The standard InChI is InChI=1S/C18H34N2/c1-2-12-19-17-6-4-3-5-7-18(17)20(13-15-8-9-15)14-16-10-11-16/h15-19H,2-14H2,1H3. The van der Waals surface area contributed by atoms with E-state index in [-0.39, 0.29) is 0 Å². The molecule has 3 aliphatic rings. The minimum atomic E-state index is 0.773. The van der Waals surface area contributed by atoms with Crippen LogP contribution in [0.25, 0.3) is 0 Å². The molecule has 0 bridgehead atoms. The summed E-state index contributed by atoms with van der Waals surface area (Å²) in [6.45, 7) is 6.32. The minimum Gasteiger partial charge on any atom is -0.312 e. The van der Waals surface area contributed by atoms with Crippen molar-refractivity contribution < 1.29 is 0 Å². The van der Waals surface area contributed by atoms with Gasteiger partial charge in [0.1, 0.15) is 0 Å². The Labute approximate surface area is 125 Å². The van der Waals surface area contributed by atoms with Crippen LogP contribution in [0.3, 0.4) is 0 Å². The van der Waals surface area contributed by atoms with E-state index in [1.807, 2.05) is 0 Å². The first-order chi connectivity index (χ1) is 9.86. The predicted molar refractivity (Wildman–Crippen MR) is 86.0 cm³/mol. The van der Waals surface area contributed by atoms with Crippen LogP contribution in [0.4, 0.5) is 0 Å². The monoisotopic (exact) mass is 278 g/mol. The molecule has 3 fully saturated rings. The third-order valence-electron chi connectivity index (χ3n) is 5.48. The highest BCUT2D eigenvalue weighted by atomic mass is 15.2. The average molecular weight is 278 g/mol. The molecule has 3 saturated carbocycles. The zero-order valence-electron chi connectivity index (χ0n) is 13.4. The second-order valence-corrected chi connectivity index (χ2v) is 7.61. The van der Waals surface area contributed by atoms with Crippen molar-refractivity contribution in [2.75, 3.05) is 19.6 Å². The zero-order valence-corrected chi connectivity index (χ0v) is 13.4. The van der Waals surface area contributed by atoms with E-state index in [0.29, 0.717) is 0 Å². The van der Waals surface area contributed by atoms with Crippen molar-refractivity contribution >= 4 is 0 Å². The van der Waals surface area contributed by atoms with Gasteiger partial charge in [0.05, 0.1) is 0 Å². The van der Waals surface area contributed by atoms with Crippen LogP contribution < -0.4 is 5.32 Å². The molecular formula is C18H34N2. The van der Waals surface area contributed by atoms with Crippen LogP contribution >= 0.6 is 0 Å². The highest BCUT2D eigenvalue weighted by Gasteiger charge is 2.35. The molecule has 0 saturated heterocycles. The first kappa shape index (κ1) is 14.8. The summed E-state index contributed by atoms with van der Waals surface area (Å²) in [6, 6.07) is 1.61. The molecule has 0 amide bonds. The molecule has 0 spiro atoms. The molecule has 2 nitrogen and oxygen atoms in total. The lowest BCUT2D eigenvalue weighted by Gasteiger charge is -2.37. The Morgan fingerprint density at radius 3 is 2.10 bits per heavy atom. The van der Waals surface area contributed by atoms with E-state index in [9.17, 15) is 0 Å². The van der Waals surface area contributed by atoms with Crippen LogP contribution in [-0.2, 0) is 0 Å². The molecule has 0 heterocycles. The number of hydrogen-bond acceptors (Lipinski definition) is 2. The van der Waals surface area contributed by atoms with E-state index >= 15 is 0 Å². The lowest BCUT2D eigenvalue weighted by molar-refractivity contribution is 0.135. The molecule has 2 heteroatoms. The largest absolute Gasteiger partial charge is 0.312 e. The van der Waals surface area contributed by atoms with Gasteiger partial charge in [-0.15, -0.1) is 0 Å². The minimum absolute atomic E-state index is 0.773. The molecule has 20 heavy (non-hydrogen) atoms. The third-order valence-corrected chi connectivity index (χ3v) is 5.48. The van der Waals surface area contributed by atoms with E-state index in [0.717, 1.165) is 23.9 Å². The lowest BCUT2D eigenvalue weighted by Crippen LogP contribution is -2.51. The molecule has 3 aliphatic carbocycles. The summed E-state index contributed by atoms with van der Waals surface area (Å²) < 4.78 is 0. The fourth-order valence-corrected chi connectivity index (χ4v) is 3.90. The summed E-state index contributed by atoms with van der Waals surface area (Å²) in [5.74, 6) is 2.09. The van der Waals surface area contributed by atoms with Crippen LogP contribution in [0.1, 0.15) is 71.1 Å². The molecule has 3 rings (SSSR count). The maximum atomic E-state index is 3.89.